The van der Waals surface area contributed by atoms with Gasteiger partial charge in [0.15, 0.2) is 0 Å². The van der Waals surface area contributed by atoms with E-state index in [-0.39, 0.29) is 5.91 Å². The number of carbonyl (C=O) groups excluding carboxylic acids is 2. The molecule has 0 atom stereocenters. The highest BCUT2D eigenvalue weighted by molar-refractivity contribution is 5.91. The van der Waals surface area contributed by atoms with Crippen molar-refractivity contribution < 1.29 is 19.1 Å². The number of rotatable bonds is 17. The van der Waals surface area contributed by atoms with Crippen LogP contribution < -0.4 is 14.9 Å². The van der Waals surface area contributed by atoms with Gasteiger partial charge in [0.2, 0.25) is 5.91 Å². The molecule has 0 aliphatic carbocycles. The molecule has 2 rings (SSSR count). The van der Waals surface area contributed by atoms with E-state index in [0.717, 1.165) is 18.4 Å². The second-order valence-electron chi connectivity index (χ2n) is 8.77. The van der Waals surface area contributed by atoms with Crippen LogP contribution in [0.15, 0.2) is 53.6 Å². The van der Waals surface area contributed by atoms with Crippen molar-refractivity contribution in [2.75, 3.05) is 7.11 Å². The van der Waals surface area contributed by atoms with Gasteiger partial charge in [-0.2, -0.15) is 5.10 Å². The standard InChI is InChI=1S/C29H40N2O4/c1-3-4-5-6-7-8-9-10-11-12-13-14-28(32)31-30-23-24-15-19-27(20-16-24)35-29(33)25-17-21-26(34-2)22-18-25/h15-23H,3-14H2,1-2H3,(H,31,32)/b30-23-. The lowest BCUT2D eigenvalue weighted by Crippen LogP contribution is -2.16. The highest BCUT2D eigenvalue weighted by atomic mass is 16.5. The summed E-state index contributed by atoms with van der Waals surface area (Å²) in [5, 5.41) is 4.02. The Labute approximate surface area is 210 Å². The molecule has 0 heterocycles. The Morgan fingerprint density at radius 3 is 1.89 bits per heavy atom. The molecular formula is C29H40N2O4. The molecule has 0 saturated carbocycles. The molecular weight excluding hydrogens is 440 g/mol. The van der Waals surface area contributed by atoms with Crippen molar-refractivity contribution in [1.82, 2.24) is 5.43 Å². The van der Waals surface area contributed by atoms with Gasteiger partial charge < -0.3 is 9.47 Å². The highest BCUT2D eigenvalue weighted by Gasteiger charge is 2.08. The second kappa shape index (κ2) is 17.3. The largest absolute Gasteiger partial charge is 0.497 e. The Morgan fingerprint density at radius 1 is 0.771 bits per heavy atom. The van der Waals surface area contributed by atoms with Gasteiger partial charge in [0.05, 0.1) is 18.9 Å². The van der Waals surface area contributed by atoms with Crippen LogP contribution in [-0.2, 0) is 4.79 Å². The molecule has 0 bridgehead atoms. The minimum absolute atomic E-state index is 0.0674. The number of nitrogens with zero attached hydrogens (tertiary/aromatic N) is 1. The van der Waals surface area contributed by atoms with Crippen molar-refractivity contribution in [3.8, 4) is 11.5 Å². The van der Waals surface area contributed by atoms with Crippen LogP contribution in [-0.4, -0.2) is 25.2 Å². The lowest BCUT2D eigenvalue weighted by Gasteiger charge is -2.05. The van der Waals surface area contributed by atoms with E-state index < -0.39 is 5.97 Å². The zero-order chi connectivity index (χ0) is 25.1. The van der Waals surface area contributed by atoms with Gasteiger partial charge in [-0.3, -0.25) is 4.79 Å². The minimum atomic E-state index is -0.441. The number of esters is 1. The first-order chi connectivity index (χ1) is 17.1. The van der Waals surface area contributed by atoms with Crippen molar-refractivity contribution >= 4 is 18.1 Å². The van der Waals surface area contributed by atoms with Crippen LogP contribution in [0.1, 0.15) is 99.9 Å². The number of methoxy groups -OCH3 is 1. The normalized spacial score (nSPS) is 10.9. The maximum absolute atomic E-state index is 12.2. The van der Waals surface area contributed by atoms with Gasteiger partial charge >= 0.3 is 5.97 Å². The predicted molar refractivity (Wildman–Crippen MR) is 141 cm³/mol. The molecule has 6 nitrogen and oxygen atoms in total. The molecule has 0 unspecified atom stereocenters. The summed E-state index contributed by atoms with van der Waals surface area (Å²) in [5.41, 5.74) is 3.82. The molecule has 190 valence electrons. The van der Waals surface area contributed by atoms with E-state index >= 15 is 0 Å². The summed E-state index contributed by atoms with van der Waals surface area (Å²) in [6.45, 7) is 2.25. The molecule has 0 fully saturated rings. The number of benzene rings is 2. The Morgan fingerprint density at radius 2 is 1.31 bits per heavy atom. The summed E-state index contributed by atoms with van der Waals surface area (Å²) >= 11 is 0. The van der Waals surface area contributed by atoms with Crippen LogP contribution in [0.4, 0.5) is 0 Å². The third-order valence-corrected chi connectivity index (χ3v) is 5.83. The summed E-state index contributed by atoms with van der Waals surface area (Å²) in [6.07, 6.45) is 15.9. The van der Waals surface area contributed by atoms with E-state index in [0.29, 0.717) is 23.5 Å². The van der Waals surface area contributed by atoms with E-state index in [1.54, 1.807) is 61.9 Å². The highest BCUT2D eigenvalue weighted by Crippen LogP contribution is 2.16. The number of ether oxygens (including phenoxy) is 2. The van der Waals surface area contributed by atoms with Crippen LogP contribution in [0, 0.1) is 0 Å². The van der Waals surface area contributed by atoms with Crippen LogP contribution in [0.2, 0.25) is 0 Å². The molecule has 35 heavy (non-hydrogen) atoms. The Bertz CT molecular complexity index is 892. The molecule has 2 aromatic carbocycles. The molecule has 1 amide bonds. The smallest absolute Gasteiger partial charge is 0.343 e. The number of hydrogen-bond acceptors (Lipinski definition) is 5. The second-order valence-corrected chi connectivity index (χ2v) is 8.77. The molecule has 6 heteroatoms. The summed E-state index contributed by atoms with van der Waals surface area (Å²) < 4.78 is 10.5. The van der Waals surface area contributed by atoms with Crippen molar-refractivity contribution in [1.29, 1.82) is 0 Å². The zero-order valence-electron chi connectivity index (χ0n) is 21.3. The summed E-state index contributed by atoms with van der Waals surface area (Å²) in [5.74, 6) is 0.602. The van der Waals surface area contributed by atoms with Crippen molar-refractivity contribution in [3.05, 3.63) is 59.7 Å². The molecule has 0 saturated heterocycles. The Balaban J connectivity index is 1.57. The molecule has 0 spiro atoms. The van der Waals surface area contributed by atoms with Crippen molar-refractivity contribution in [2.45, 2.75) is 84.0 Å². The Kier molecular flexibility index (Phi) is 13.9. The van der Waals surface area contributed by atoms with E-state index in [1.807, 2.05) is 0 Å². The van der Waals surface area contributed by atoms with Gasteiger partial charge in [-0.25, -0.2) is 10.2 Å². The maximum atomic E-state index is 12.2. The van der Waals surface area contributed by atoms with Crippen LogP contribution in [0.3, 0.4) is 0 Å². The average molecular weight is 481 g/mol. The van der Waals surface area contributed by atoms with E-state index in [1.165, 1.54) is 57.8 Å². The topological polar surface area (TPSA) is 77.0 Å². The predicted octanol–water partition coefficient (Wildman–Crippen LogP) is 7.07. The van der Waals surface area contributed by atoms with Crippen LogP contribution in [0.25, 0.3) is 0 Å². The fourth-order valence-electron chi connectivity index (χ4n) is 3.70. The summed E-state index contributed by atoms with van der Waals surface area (Å²) in [6, 6.07) is 13.7. The van der Waals surface area contributed by atoms with Gasteiger partial charge in [0.25, 0.3) is 0 Å². The lowest BCUT2D eigenvalue weighted by molar-refractivity contribution is -0.121. The molecule has 0 aromatic heterocycles. The number of unbranched alkanes of at least 4 members (excludes halogenated alkanes) is 10. The SMILES string of the molecule is CCCCCCCCCCCCCC(=O)N/N=C\c1ccc(OC(=O)c2ccc(OC)cc2)cc1. The van der Waals surface area contributed by atoms with E-state index in [4.69, 9.17) is 9.47 Å². The number of hydrazone groups is 1. The summed E-state index contributed by atoms with van der Waals surface area (Å²) in [4.78, 5) is 24.2. The van der Waals surface area contributed by atoms with Gasteiger partial charge in [0.1, 0.15) is 11.5 Å². The molecule has 0 aliphatic rings. The number of hydrogen-bond donors (Lipinski definition) is 1. The van der Waals surface area contributed by atoms with Crippen LogP contribution >= 0.6 is 0 Å². The minimum Gasteiger partial charge on any atom is -0.497 e. The number of carbonyl (C=O) groups is 2. The van der Waals surface area contributed by atoms with E-state index in [2.05, 4.69) is 17.5 Å². The average Bonchev–Trinajstić information content (AvgIpc) is 2.88. The molecule has 1 N–H and O–H groups in total. The molecule has 2 aromatic rings. The fraction of sp³-hybridized carbons (Fsp3) is 0.483. The third kappa shape index (κ3) is 12.2. The Hall–Kier alpha value is -3.15. The van der Waals surface area contributed by atoms with Gasteiger partial charge in [0, 0.05) is 6.42 Å². The fourth-order valence-corrected chi connectivity index (χ4v) is 3.70. The monoisotopic (exact) mass is 480 g/mol. The zero-order valence-corrected chi connectivity index (χ0v) is 21.3. The van der Waals surface area contributed by atoms with Gasteiger partial charge in [-0.1, -0.05) is 71.1 Å². The first-order valence-corrected chi connectivity index (χ1v) is 12.9. The first kappa shape index (κ1) is 28.1. The van der Waals surface area contributed by atoms with Gasteiger partial charge in [-0.05, 0) is 60.5 Å². The van der Waals surface area contributed by atoms with Gasteiger partial charge in [-0.15, -0.1) is 0 Å². The third-order valence-electron chi connectivity index (χ3n) is 5.83. The molecule has 0 radical (unpaired) electrons. The quantitative estimate of drug-likeness (QED) is 0.0864. The number of nitrogens with one attached hydrogen (secondary N) is 1. The van der Waals surface area contributed by atoms with E-state index in [9.17, 15) is 9.59 Å². The maximum Gasteiger partial charge on any atom is 0.343 e. The van der Waals surface area contributed by atoms with Crippen molar-refractivity contribution in [3.63, 3.8) is 0 Å². The first-order valence-electron chi connectivity index (χ1n) is 12.9. The lowest BCUT2D eigenvalue weighted by atomic mass is 10.1. The number of amides is 1. The molecule has 0 aliphatic heterocycles. The van der Waals surface area contributed by atoms with Crippen molar-refractivity contribution in [2.24, 2.45) is 5.10 Å². The van der Waals surface area contributed by atoms with Crippen LogP contribution in [0.5, 0.6) is 11.5 Å². The summed E-state index contributed by atoms with van der Waals surface area (Å²) in [7, 11) is 1.57.